The van der Waals surface area contributed by atoms with Crippen molar-refractivity contribution >= 4 is 56.2 Å². The van der Waals surface area contributed by atoms with Gasteiger partial charge < -0.3 is 20.4 Å². The fourth-order valence-electron chi connectivity index (χ4n) is 5.07. The first kappa shape index (κ1) is 21.1. The molecule has 0 aliphatic heterocycles. The number of carboxylic acids is 4. The highest BCUT2D eigenvalue weighted by Crippen LogP contribution is 2.47. The summed E-state index contributed by atoms with van der Waals surface area (Å²) in [5.41, 5.74) is -2.63. The van der Waals surface area contributed by atoms with Crippen molar-refractivity contribution in [3.8, 4) is 0 Å². The van der Waals surface area contributed by atoms with E-state index in [2.05, 4.69) is 0 Å². The summed E-state index contributed by atoms with van der Waals surface area (Å²) in [6.45, 7) is 0. The van der Waals surface area contributed by atoms with E-state index in [-0.39, 0.29) is 16.7 Å². The van der Waals surface area contributed by atoms with E-state index in [4.69, 9.17) is 0 Å². The number of rotatable bonds is 5. The molecule has 4 aromatic rings. The summed E-state index contributed by atoms with van der Waals surface area (Å²) in [6.07, 6.45) is 1.59. The molecule has 1 atom stereocenters. The monoisotopic (exact) mass is 456 g/mol. The van der Waals surface area contributed by atoms with Crippen molar-refractivity contribution in [1.82, 2.24) is 0 Å². The largest absolute Gasteiger partial charge is 0.480 e. The summed E-state index contributed by atoms with van der Waals surface area (Å²) in [6, 6.07) is 13.1. The average Bonchev–Trinajstić information content (AvgIpc) is 2.81. The zero-order valence-electron chi connectivity index (χ0n) is 17.4. The van der Waals surface area contributed by atoms with Crippen molar-refractivity contribution in [3.05, 3.63) is 83.0 Å². The maximum atomic E-state index is 12.8. The van der Waals surface area contributed by atoms with E-state index in [1.165, 1.54) is 12.1 Å². The van der Waals surface area contributed by atoms with Crippen LogP contribution in [0.15, 0.2) is 71.8 Å². The van der Waals surface area contributed by atoms with Crippen LogP contribution >= 0.6 is 0 Å². The molecule has 168 valence electrons. The van der Waals surface area contributed by atoms with E-state index >= 15 is 0 Å². The molecule has 8 nitrogen and oxygen atoms in total. The molecule has 0 fully saturated rings. The van der Waals surface area contributed by atoms with Gasteiger partial charge in [0.25, 0.3) is 0 Å². The van der Waals surface area contributed by atoms with Crippen LogP contribution in [-0.2, 0) is 19.8 Å². The molecular formula is C26H16O8. The van der Waals surface area contributed by atoms with Crippen LogP contribution in [-0.4, -0.2) is 44.3 Å². The Labute approximate surface area is 191 Å². The van der Waals surface area contributed by atoms with Crippen molar-refractivity contribution in [2.24, 2.45) is 0 Å². The molecule has 0 saturated carbocycles. The molecule has 5 rings (SSSR count). The first-order valence-electron chi connectivity index (χ1n) is 10.2. The molecule has 0 aromatic heterocycles. The van der Waals surface area contributed by atoms with E-state index in [0.717, 1.165) is 17.5 Å². The first-order chi connectivity index (χ1) is 16.2. The van der Waals surface area contributed by atoms with Gasteiger partial charge in [-0.1, -0.05) is 48.5 Å². The van der Waals surface area contributed by atoms with Crippen molar-refractivity contribution in [1.29, 1.82) is 0 Å². The Kier molecular flexibility index (Phi) is 4.44. The Bertz CT molecular complexity index is 1640. The van der Waals surface area contributed by atoms with Crippen molar-refractivity contribution in [3.63, 3.8) is 0 Å². The van der Waals surface area contributed by atoms with Gasteiger partial charge in [0.1, 0.15) is 5.41 Å². The summed E-state index contributed by atoms with van der Waals surface area (Å²) < 4.78 is 0. The third-order valence-corrected chi connectivity index (χ3v) is 6.59. The molecule has 1 aliphatic carbocycles. The van der Waals surface area contributed by atoms with Gasteiger partial charge in [0.15, 0.2) is 0 Å². The minimum absolute atomic E-state index is 0.0835. The molecule has 0 spiro atoms. The molecule has 1 unspecified atom stereocenters. The molecule has 0 saturated heterocycles. The van der Waals surface area contributed by atoms with Crippen molar-refractivity contribution in [2.75, 3.05) is 0 Å². The number of hydrogen-bond donors (Lipinski definition) is 4. The van der Waals surface area contributed by atoms with Crippen LogP contribution in [0.4, 0.5) is 0 Å². The van der Waals surface area contributed by atoms with E-state index < -0.39 is 41.3 Å². The van der Waals surface area contributed by atoms with Gasteiger partial charge in [-0.05, 0) is 50.0 Å². The lowest BCUT2D eigenvalue weighted by molar-refractivity contribution is -0.146. The second-order valence-electron chi connectivity index (χ2n) is 8.22. The molecule has 0 heterocycles. The second kappa shape index (κ2) is 7.14. The van der Waals surface area contributed by atoms with Gasteiger partial charge in [-0.3, -0.25) is 4.79 Å². The van der Waals surface area contributed by atoms with Crippen molar-refractivity contribution < 1.29 is 39.6 Å². The SMILES string of the molecule is O=C(O)C1=CC=C(C(=O)O)C(C(=O)O)(c2ccc3ccc4ccc(C(=O)O)c5ccc2c3c45)C1. The lowest BCUT2D eigenvalue weighted by atomic mass is 9.66. The van der Waals surface area contributed by atoms with Crippen LogP contribution in [0.3, 0.4) is 0 Å². The minimum atomic E-state index is -2.16. The predicted molar refractivity (Wildman–Crippen MR) is 122 cm³/mol. The highest BCUT2D eigenvalue weighted by molar-refractivity contribution is 6.27. The fourth-order valence-corrected chi connectivity index (χ4v) is 5.07. The number of benzene rings is 4. The lowest BCUT2D eigenvalue weighted by Gasteiger charge is -2.34. The Morgan fingerprint density at radius 3 is 1.82 bits per heavy atom. The number of allylic oxidation sites excluding steroid dienone is 2. The molecule has 0 bridgehead atoms. The Morgan fingerprint density at radius 1 is 0.647 bits per heavy atom. The normalized spacial score (nSPS) is 18.1. The highest BCUT2D eigenvalue weighted by atomic mass is 16.4. The zero-order chi connectivity index (χ0) is 24.4. The number of carbonyl (C=O) groups is 4. The van der Waals surface area contributed by atoms with E-state index in [0.29, 0.717) is 26.9 Å². The van der Waals surface area contributed by atoms with E-state index in [9.17, 15) is 39.6 Å². The Balaban J connectivity index is 1.94. The van der Waals surface area contributed by atoms with Crippen LogP contribution < -0.4 is 0 Å². The average molecular weight is 456 g/mol. The number of hydrogen-bond acceptors (Lipinski definition) is 4. The lowest BCUT2D eigenvalue weighted by Crippen LogP contribution is -2.43. The van der Waals surface area contributed by atoms with E-state index in [1.54, 1.807) is 24.3 Å². The van der Waals surface area contributed by atoms with Crippen LogP contribution in [0.1, 0.15) is 22.3 Å². The summed E-state index contributed by atoms with van der Waals surface area (Å²) in [7, 11) is 0. The van der Waals surface area contributed by atoms with Crippen LogP contribution in [0.2, 0.25) is 0 Å². The number of aromatic carboxylic acids is 1. The van der Waals surface area contributed by atoms with Gasteiger partial charge in [0.2, 0.25) is 0 Å². The predicted octanol–water partition coefficient (Wildman–Crippen LogP) is 4.03. The summed E-state index contributed by atoms with van der Waals surface area (Å²) in [4.78, 5) is 48.4. The third kappa shape index (κ3) is 2.72. The maximum Gasteiger partial charge on any atom is 0.336 e. The fraction of sp³-hybridized carbons (Fsp3) is 0.0769. The van der Waals surface area contributed by atoms with Gasteiger partial charge in [0.05, 0.1) is 11.1 Å². The number of aliphatic carboxylic acids is 3. The molecular weight excluding hydrogens is 440 g/mol. The molecule has 0 radical (unpaired) electrons. The minimum Gasteiger partial charge on any atom is -0.480 e. The Hall–Kier alpha value is -4.72. The first-order valence-corrected chi connectivity index (χ1v) is 10.2. The van der Waals surface area contributed by atoms with Crippen LogP contribution in [0, 0.1) is 0 Å². The zero-order valence-corrected chi connectivity index (χ0v) is 17.4. The molecule has 34 heavy (non-hydrogen) atoms. The molecule has 4 N–H and O–H groups in total. The Morgan fingerprint density at radius 2 is 1.24 bits per heavy atom. The van der Waals surface area contributed by atoms with Gasteiger partial charge in [-0.2, -0.15) is 0 Å². The van der Waals surface area contributed by atoms with Gasteiger partial charge >= 0.3 is 23.9 Å². The molecule has 0 amide bonds. The smallest absolute Gasteiger partial charge is 0.336 e. The van der Waals surface area contributed by atoms with Crippen LogP contribution in [0.5, 0.6) is 0 Å². The van der Waals surface area contributed by atoms with Gasteiger partial charge in [-0.15, -0.1) is 0 Å². The molecule has 1 aliphatic rings. The molecule has 4 aromatic carbocycles. The second-order valence-corrected chi connectivity index (χ2v) is 8.22. The van der Waals surface area contributed by atoms with Gasteiger partial charge in [0, 0.05) is 12.0 Å². The van der Waals surface area contributed by atoms with Gasteiger partial charge in [-0.25, -0.2) is 14.4 Å². The third-order valence-electron chi connectivity index (χ3n) is 6.59. The van der Waals surface area contributed by atoms with E-state index in [1.807, 2.05) is 12.1 Å². The quantitative estimate of drug-likeness (QED) is 0.329. The summed E-state index contributed by atoms with van der Waals surface area (Å²) >= 11 is 0. The summed E-state index contributed by atoms with van der Waals surface area (Å²) in [5.74, 6) is -5.41. The van der Waals surface area contributed by atoms with Crippen LogP contribution in [0.25, 0.3) is 32.3 Å². The standard InChI is InChI=1S/C26H16O8/c27-22(28)14-5-10-19(24(31)32)26(11-14,25(33)34)18-9-4-13-2-1-12-3-6-16(23(29)30)15-7-8-17(18)21(13)20(12)15/h1-10H,11H2,(H,27,28)(H,29,30)(H,31,32)(H,33,34). The highest BCUT2D eigenvalue weighted by Gasteiger charge is 2.50. The maximum absolute atomic E-state index is 12.8. The topological polar surface area (TPSA) is 149 Å². The molecule has 8 heteroatoms. The number of carboxylic acid groups (broad SMARTS) is 4. The van der Waals surface area contributed by atoms with Crippen molar-refractivity contribution in [2.45, 2.75) is 11.8 Å². The summed E-state index contributed by atoms with van der Waals surface area (Å²) in [5, 5.41) is 43.0.